The van der Waals surface area contributed by atoms with Crippen LogP contribution < -0.4 is 5.01 Å². The summed E-state index contributed by atoms with van der Waals surface area (Å²) in [6.07, 6.45) is 5.53. The van der Waals surface area contributed by atoms with Crippen LogP contribution in [0.1, 0.15) is 36.4 Å². The lowest BCUT2D eigenvalue weighted by molar-refractivity contribution is 0.404. The molecular weight excluding hydrogens is 454 g/mol. The Morgan fingerprint density at radius 3 is 2.46 bits per heavy atom. The van der Waals surface area contributed by atoms with E-state index >= 15 is 0 Å². The Kier molecular flexibility index (Phi) is 5.58. The van der Waals surface area contributed by atoms with E-state index in [1.165, 1.54) is 22.8 Å². The highest BCUT2D eigenvalue weighted by molar-refractivity contribution is 7.14. The van der Waals surface area contributed by atoms with E-state index in [0.717, 1.165) is 41.4 Å². The minimum atomic E-state index is -0.151. The number of hydrogen-bond donors (Lipinski definition) is 2. The quantitative estimate of drug-likeness (QED) is 0.309. The van der Waals surface area contributed by atoms with Crippen molar-refractivity contribution in [1.29, 1.82) is 0 Å². The first kappa shape index (κ1) is 21.6. The molecule has 174 valence electrons. The number of fused-ring (bicyclic) bond motifs is 1. The van der Waals surface area contributed by atoms with Crippen LogP contribution in [0.5, 0.6) is 11.5 Å². The average Bonchev–Trinajstić information content (AvgIpc) is 3.53. The monoisotopic (exact) mass is 479 g/mol. The average molecular weight is 480 g/mol. The fourth-order valence-electron chi connectivity index (χ4n) is 5.08. The summed E-state index contributed by atoms with van der Waals surface area (Å²) in [5.74, 6) is 0.00890. The largest absolute Gasteiger partial charge is 0.504 e. The molecular formula is C29H25N3O2S. The second-order valence-corrected chi connectivity index (χ2v) is 9.82. The number of hydrazone groups is 1. The van der Waals surface area contributed by atoms with E-state index in [4.69, 9.17) is 10.1 Å². The minimum absolute atomic E-state index is 0.0814. The number of nitrogens with zero attached hydrogens (tertiary/aromatic N) is 3. The van der Waals surface area contributed by atoms with Gasteiger partial charge < -0.3 is 10.2 Å². The fourth-order valence-corrected chi connectivity index (χ4v) is 5.90. The van der Waals surface area contributed by atoms with E-state index in [0.29, 0.717) is 5.92 Å². The minimum Gasteiger partial charge on any atom is -0.504 e. The topological polar surface area (TPSA) is 69.0 Å². The molecule has 2 unspecified atom stereocenters. The molecule has 1 saturated carbocycles. The predicted octanol–water partition coefficient (Wildman–Crippen LogP) is 7.02. The zero-order valence-corrected chi connectivity index (χ0v) is 19.9. The van der Waals surface area contributed by atoms with Crippen molar-refractivity contribution in [2.45, 2.75) is 25.3 Å². The van der Waals surface area contributed by atoms with Gasteiger partial charge in [-0.05, 0) is 60.2 Å². The molecule has 1 aliphatic heterocycles. The third-order valence-corrected chi connectivity index (χ3v) is 7.57. The molecule has 0 amide bonds. The maximum atomic E-state index is 9.95. The van der Waals surface area contributed by atoms with Gasteiger partial charge in [0.1, 0.15) is 0 Å². The lowest BCUT2D eigenvalue weighted by Gasteiger charge is -2.29. The highest BCUT2D eigenvalue weighted by Gasteiger charge is 2.42. The number of phenolic OH excluding ortho intramolecular Hbond substituents is 2. The number of hydrogen-bond acceptors (Lipinski definition) is 6. The van der Waals surface area contributed by atoms with Gasteiger partial charge in [-0.2, -0.15) is 5.10 Å². The lowest BCUT2D eigenvalue weighted by atomic mass is 9.77. The second-order valence-electron chi connectivity index (χ2n) is 8.98. The molecule has 3 aromatic carbocycles. The molecule has 0 bridgehead atoms. The van der Waals surface area contributed by atoms with Gasteiger partial charge in [0.05, 0.1) is 17.4 Å². The summed E-state index contributed by atoms with van der Waals surface area (Å²) in [7, 11) is 0. The Hall–Kier alpha value is -3.90. The molecule has 35 heavy (non-hydrogen) atoms. The molecule has 0 spiro atoms. The third kappa shape index (κ3) is 4.10. The second kappa shape index (κ2) is 9.04. The first-order valence-electron chi connectivity index (χ1n) is 11.8. The van der Waals surface area contributed by atoms with Crippen molar-refractivity contribution in [3.63, 3.8) is 0 Å². The fraction of sp³-hybridized carbons (Fsp3) is 0.172. The number of thiazole rings is 1. The summed E-state index contributed by atoms with van der Waals surface area (Å²) < 4.78 is 0. The Morgan fingerprint density at radius 2 is 1.69 bits per heavy atom. The van der Waals surface area contributed by atoms with Crippen molar-refractivity contribution in [1.82, 2.24) is 4.98 Å². The van der Waals surface area contributed by atoms with Crippen LogP contribution in [0.3, 0.4) is 0 Å². The molecule has 0 radical (unpaired) electrons. The van der Waals surface area contributed by atoms with Gasteiger partial charge in [0.25, 0.3) is 0 Å². The molecule has 2 N–H and O–H groups in total. The normalized spacial score (nSPS) is 20.6. The van der Waals surface area contributed by atoms with Crippen molar-refractivity contribution in [3.05, 3.63) is 101 Å². The van der Waals surface area contributed by atoms with E-state index in [1.54, 1.807) is 23.5 Å². The Balaban J connectivity index is 1.42. The smallest absolute Gasteiger partial charge is 0.207 e. The van der Waals surface area contributed by atoms with Gasteiger partial charge in [-0.15, -0.1) is 11.3 Å². The van der Waals surface area contributed by atoms with Crippen LogP contribution in [-0.2, 0) is 0 Å². The molecule has 2 heterocycles. The molecule has 2 atom stereocenters. The van der Waals surface area contributed by atoms with Gasteiger partial charge >= 0.3 is 0 Å². The van der Waals surface area contributed by atoms with Gasteiger partial charge in [0.15, 0.2) is 11.5 Å². The molecule has 0 saturated heterocycles. The summed E-state index contributed by atoms with van der Waals surface area (Å²) in [6.45, 7) is 0. The summed E-state index contributed by atoms with van der Waals surface area (Å²) in [4.78, 5) is 4.90. The molecule has 5 nitrogen and oxygen atoms in total. The van der Waals surface area contributed by atoms with Crippen LogP contribution in [0, 0.1) is 5.92 Å². The van der Waals surface area contributed by atoms with Crippen molar-refractivity contribution in [2.75, 3.05) is 5.01 Å². The van der Waals surface area contributed by atoms with E-state index in [-0.39, 0.29) is 17.5 Å². The van der Waals surface area contributed by atoms with Crippen LogP contribution in [-0.4, -0.2) is 20.9 Å². The van der Waals surface area contributed by atoms with Crippen LogP contribution >= 0.6 is 11.3 Å². The van der Waals surface area contributed by atoms with Gasteiger partial charge in [-0.1, -0.05) is 60.7 Å². The predicted molar refractivity (Wildman–Crippen MR) is 142 cm³/mol. The SMILES string of the molecule is Oc1ccc(-c2csc(N3N=C4C(=Cc5ccccc5)CCCC4C3c3ccccc3)n2)cc1O. The zero-order chi connectivity index (χ0) is 23.8. The Bertz CT molecular complexity index is 1410. The zero-order valence-electron chi connectivity index (χ0n) is 19.1. The number of aromatic hydroxyl groups is 2. The van der Waals surface area contributed by atoms with Gasteiger partial charge in [-0.3, -0.25) is 0 Å². The number of benzene rings is 3. The van der Waals surface area contributed by atoms with Crippen LogP contribution in [0.25, 0.3) is 17.3 Å². The molecule has 1 aromatic heterocycles. The number of allylic oxidation sites excluding steroid dienone is 1. The first-order valence-corrected chi connectivity index (χ1v) is 12.7. The number of rotatable bonds is 4. The maximum absolute atomic E-state index is 9.95. The van der Waals surface area contributed by atoms with Crippen molar-refractivity contribution in [3.8, 4) is 22.8 Å². The van der Waals surface area contributed by atoms with Gasteiger partial charge in [0, 0.05) is 16.9 Å². The lowest BCUT2D eigenvalue weighted by Crippen LogP contribution is -2.28. The molecule has 4 aromatic rings. The third-order valence-electron chi connectivity index (χ3n) is 6.74. The highest BCUT2D eigenvalue weighted by atomic mass is 32.1. The van der Waals surface area contributed by atoms with Crippen molar-refractivity contribution in [2.24, 2.45) is 11.0 Å². The molecule has 6 rings (SSSR count). The van der Waals surface area contributed by atoms with E-state index < -0.39 is 0 Å². The molecule has 1 aliphatic carbocycles. The summed E-state index contributed by atoms with van der Waals surface area (Å²) in [5.41, 5.74) is 6.40. The number of aromatic nitrogens is 1. The molecule has 2 aliphatic rings. The van der Waals surface area contributed by atoms with Crippen LogP contribution in [0.2, 0.25) is 0 Å². The first-order chi connectivity index (χ1) is 17.2. The van der Waals surface area contributed by atoms with E-state index in [9.17, 15) is 10.2 Å². The summed E-state index contributed by atoms with van der Waals surface area (Å²) in [6, 6.07) is 25.9. The highest BCUT2D eigenvalue weighted by Crippen LogP contribution is 2.47. The van der Waals surface area contributed by atoms with Crippen LogP contribution in [0.15, 0.2) is 94.9 Å². The molecule has 1 fully saturated rings. The van der Waals surface area contributed by atoms with Gasteiger partial charge in [0.2, 0.25) is 5.13 Å². The number of anilines is 1. The maximum Gasteiger partial charge on any atom is 0.207 e. The van der Waals surface area contributed by atoms with Gasteiger partial charge in [-0.25, -0.2) is 9.99 Å². The van der Waals surface area contributed by atoms with E-state index in [2.05, 4.69) is 59.6 Å². The Labute approximate surface area is 208 Å². The van der Waals surface area contributed by atoms with Crippen LogP contribution in [0.4, 0.5) is 5.13 Å². The van der Waals surface area contributed by atoms with Crippen molar-refractivity contribution < 1.29 is 10.2 Å². The Morgan fingerprint density at radius 1 is 0.914 bits per heavy atom. The number of phenols is 2. The summed E-state index contributed by atoms with van der Waals surface area (Å²) >= 11 is 1.54. The van der Waals surface area contributed by atoms with Crippen molar-refractivity contribution >= 4 is 28.3 Å². The summed E-state index contributed by atoms with van der Waals surface area (Å²) in [5, 5.41) is 29.7. The van der Waals surface area contributed by atoms with E-state index in [1.807, 2.05) is 17.5 Å². The standard InChI is InChI=1S/C29H25N3O2S/c33-25-15-14-21(17-26(25)34)24-18-35-29(30-24)32-28(20-10-5-2-6-11-20)23-13-7-12-22(27(23)31-32)16-19-8-3-1-4-9-19/h1-6,8-11,14-18,23,28,33-34H,7,12-13H2. The molecule has 6 heteroatoms.